The Hall–Kier alpha value is -3.30. The summed E-state index contributed by atoms with van der Waals surface area (Å²) >= 11 is 0. The lowest BCUT2D eigenvalue weighted by atomic mass is 10.1. The van der Waals surface area contributed by atoms with Gasteiger partial charge in [-0.2, -0.15) is 18.9 Å². The number of hydrogen-bond acceptors (Lipinski definition) is 6. The maximum atomic E-state index is 13.3. The minimum Gasteiger partial charge on any atom is -0.354 e. The number of rotatable bonds is 4. The van der Waals surface area contributed by atoms with E-state index >= 15 is 0 Å². The Bertz CT molecular complexity index is 1430. The molecule has 8 nitrogen and oxygen atoms in total. The first-order valence-corrected chi connectivity index (χ1v) is 12.7. The van der Waals surface area contributed by atoms with Gasteiger partial charge in [-0.3, -0.25) is 0 Å². The Morgan fingerprint density at radius 3 is 2.45 bits per heavy atom. The Labute approximate surface area is 192 Å². The maximum absolute atomic E-state index is 13.3. The molecule has 1 aliphatic carbocycles. The zero-order valence-corrected chi connectivity index (χ0v) is 18.9. The Morgan fingerprint density at radius 1 is 0.848 bits per heavy atom. The van der Waals surface area contributed by atoms with Crippen LogP contribution in [0.15, 0.2) is 65.8 Å². The summed E-state index contributed by atoms with van der Waals surface area (Å²) in [5, 5.41) is 4.35. The van der Waals surface area contributed by atoms with Gasteiger partial charge in [0.1, 0.15) is 12.1 Å². The predicted molar refractivity (Wildman–Crippen MR) is 126 cm³/mol. The second kappa shape index (κ2) is 7.93. The fourth-order valence-corrected chi connectivity index (χ4v) is 6.27. The van der Waals surface area contributed by atoms with Crippen molar-refractivity contribution in [1.29, 1.82) is 0 Å². The Kier molecular flexibility index (Phi) is 4.88. The fourth-order valence-electron chi connectivity index (χ4n) is 4.79. The second-order valence-corrected chi connectivity index (χ2v) is 10.5. The second-order valence-electron chi connectivity index (χ2n) is 8.51. The Balaban J connectivity index is 1.26. The highest BCUT2D eigenvalue weighted by atomic mass is 32.2. The summed E-state index contributed by atoms with van der Waals surface area (Å²) in [6, 6.07) is 17.6. The third-order valence-corrected chi connectivity index (χ3v) is 8.47. The first-order valence-electron chi connectivity index (χ1n) is 11.2. The number of aryl methyl sites for hydroxylation is 2. The average molecular weight is 461 g/mol. The number of sulfonamides is 1. The van der Waals surface area contributed by atoms with E-state index in [0.29, 0.717) is 36.9 Å². The largest absolute Gasteiger partial charge is 0.354 e. The molecule has 0 radical (unpaired) electrons. The van der Waals surface area contributed by atoms with Gasteiger partial charge in [-0.05, 0) is 42.5 Å². The molecule has 0 amide bonds. The molecule has 0 saturated carbocycles. The van der Waals surface area contributed by atoms with Crippen LogP contribution in [0.25, 0.3) is 17.0 Å². The third-order valence-electron chi connectivity index (χ3n) is 6.57. The summed E-state index contributed by atoms with van der Waals surface area (Å²) < 4.78 is 29.9. The SMILES string of the molecule is O=S(=O)(c1ccc2c(c1)CCC2)N1CCN(c2cc(-c3ccccc3)nc3ncnn23)CC1. The van der Waals surface area contributed by atoms with Crippen LogP contribution >= 0.6 is 0 Å². The molecule has 0 unspecified atom stereocenters. The quantitative estimate of drug-likeness (QED) is 0.466. The molecule has 33 heavy (non-hydrogen) atoms. The zero-order chi connectivity index (χ0) is 22.4. The van der Waals surface area contributed by atoms with Gasteiger partial charge < -0.3 is 4.90 Å². The van der Waals surface area contributed by atoms with Crippen LogP contribution in [0, 0.1) is 0 Å². The standard InChI is InChI=1S/C24H24N6O2S/c31-33(32,21-10-9-18-7-4-8-20(18)15-21)29-13-11-28(12-14-29)23-16-22(19-5-2-1-3-6-19)27-24-25-17-26-30(23)24/h1-3,5-6,9-10,15-17H,4,7-8,11-14H2. The molecule has 1 fully saturated rings. The molecule has 168 valence electrons. The number of aromatic nitrogens is 4. The van der Waals surface area contributed by atoms with Crippen LogP contribution in [0.3, 0.4) is 0 Å². The van der Waals surface area contributed by atoms with E-state index < -0.39 is 10.0 Å². The summed E-state index contributed by atoms with van der Waals surface area (Å²) in [6.45, 7) is 1.96. The zero-order valence-electron chi connectivity index (χ0n) is 18.1. The topological polar surface area (TPSA) is 83.7 Å². The lowest BCUT2D eigenvalue weighted by molar-refractivity contribution is 0.383. The van der Waals surface area contributed by atoms with Gasteiger partial charge in [0.25, 0.3) is 5.78 Å². The van der Waals surface area contributed by atoms with Crippen molar-refractivity contribution in [1.82, 2.24) is 23.9 Å². The Morgan fingerprint density at radius 2 is 1.64 bits per heavy atom. The minimum absolute atomic E-state index is 0.408. The van der Waals surface area contributed by atoms with Crippen molar-refractivity contribution in [2.24, 2.45) is 0 Å². The molecule has 2 aliphatic rings. The molecule has 4 aromatic rings. The van der Waals surface area contributed by atoms with Crippen molar-refractivity contribution in [3.63, 3.8) is 0 Å². The normalized spacial score (nSPS) is 16.9. The molecular formula is C24H24N6O2S. The molecule has 0 N–H and O–H groups in total. The van der Waals surface area contributed by atoms with E-state index in [1.165, 1.54) is 17.5 Å². The van der Waals surface area contributed by atoms with Crippen molar-refractivity contribution in [3.8, 4) is 11.3 Å². The lowest BCUT2D eigenvalue weighted by Gasteiger charge is -2.35. The van der Waals surface area contributed by atoms with Gasteiger partial charge in [-0.15, -0.1) is 0 Å². The number of piperazine rings is 1. The smallest absolute Gasteiger partial charge is 0.254 e. The lowest BCUT2D eigenvalue weighted by Crippen LogP contribution is -2.49. The van der Waals surface area contributed by atoms with E-state index in [-0.39, 0.29) is 0 Å². The van der Waals surface area contributed by atoms with E-state index in [1.807, 2.05) is 48.5 Å². The summed E-state index contributed by atoms with van der Waals surface area (Å²) in [7, 11) is -3.51. The maximum Gasteiger partial charge on any atom is 0.254 e. The molecular weight excluding hydrogens is 436 g/mol. The van der Waals surface area contributed by atoms with Crippen LogP contribution < -0.4 is 4.90 Å². The van der Waals surface area contributed by atoms with Crippen LogP contribution in [-0.4, -0.2) is 58.5 Å². The third kappa shape index (κ3) is 3.57. The van der Waals surface area contributed by atoms with E-state index in [4.69, 9.17) is 0 Å². The molecule has 1 saturated heterocycles. The number of nitrogens with zero attached hydrogens (tertiary/aromatic N) is 6. The van der Waals surface area contributed by atoms with E-state index in [0.717, 1.165) is 36.3 Å². The molecule has 9 heteroatoms. The molecule has 2 aromatic carbocycles. The van der Waals surface area contributed by atoms with Crippen molar-refractivity contribution < 1.29 is 8.42 Å². The molecule has 6 rings (SSSR count). The highest BCUT2D eigenvalue weighted by molar-refractivity contribution is 7.89. The monoisotopic (exact) mass is 460 g/mol. The van der Waals surface area contributed by atoms with E-state index in [1.54, 1.807) is 14.9 Å². The van der Waals surface area contributed by atoms with E-state index in [9.17, 15) is 8.42 Å². The van der Waals surface area contributed by atoms with Gasteiger partial charge in [-0.25, -0.2) is 13.4 Å². The molecule has 2 aromatic heterocycles. The molecule has 3 heterocycles. The van der Waals surface area contributed by atoms with Crippen molar-refractivity contribution in [2.75, 3.05) is 31.1 Å². The number of fused-ring (bicyclic) bond motifs is 2. The highest BCUT2D eigenvalue weighted by Gasteiger charge is 2.30. The average Bonchev–Trinajstić information content (AvgIpc) is 3.53. The fraction of sp³-hybridized carbons (Fsp3) is 0.292. The summed E-state index contributed by atoms with van der Waals surface area (Å²) in [6.07, 6.45) is 4.61. The number of anilines is 1. The first kappa shape index (κ1) is 20.3. The molecule has 0 spiro atoms. The number of hydrogen-bond donors (Lipinski definition) is 0. The summed E-state index contributed by atoms with van der Waals surface area (Å²) in [4.78, 5) is 11.5. The van der Waals surface area contributed by atoms with E-state index in [2.05, 4.69) is 20.0 Å². The van der Waals surface area contributed by atoms with Crippen LogP contribution in [0.1, 0.15) is 17.5 Å². The van der Waals surface area contributed by atoms with Gasteiger partial charge in [0, 0.05) is 37.8 Å². The van der Waals surface area contributed by atoms with Crippen molar-refractivity contribution in [3.05, 3.63) is 72.1 Å². The van der Waals surface area contributed by atoms with Crippen LogP contribution in [-0.2, 0) is 22.9 Å². The van der Waals surface area contributed by atoms with Gasteiger partial charge in [0.15, 0.2) is 0 Å². The van der Waals surface area contributed by atoms with Gasteiger partial charge in [0.2, 0.25) is 10.0 Å². The predicted octanol–water partition coefficient (Wildman–Crippen LogP) is 2.79. The summed E-state index contributed by atoms with van der Waals surface area (Å²) in [5.41, 5.74) is 4.28. The minimum atomic E-state index is -3.51. The first-order chi connectivity index (χ1) is 16.1. The molecule has 1 aliphatic heterocycles. The van der Waals surface area contributed by atoms with Crippen LogP contribution in [0.5, 0.6) is 0 Å². The van der Waals surface area contributed by atoms with Gasteiger partial charge in [-0.1, -0.05) is 36.4 Å². The van der Waals surface area contributed by atoms with Gasteiger partial charge in [0.05, 0.1) is 10.6 Å². The van der Waals surface area contributed by atoms with Crippen LogP contribution in [0.2, 0.25) is 0 Å². The summed E-state index contributed by atoms with van der Waals surface area (Å²) in [5.74, 6) is 1.39. The van der Waals surface area contributed by atoms with Crippen LogP contribution in [0.4, 0.5) is 5.82 Å². The van der Waals surface area contributed by atoms with Gasteiger partial charge >= 0.3 is 0 Å². The molecule has 0 bridgehead atoms. The number of benzene rings is 2. The van der Waals surface area contributed by atoms with Crippen molar-refractivity contribution in [2.45, 2.75) is 24.2 Å². The molecule has 0 atom stereocenters. The highest BCUT2D eigenvalue weighted by Crippen LogP contribution is 2.28. The van der Waals surface area contributed by atoms with Crippen molar-refractivity contribution >= 4 is 21.6 Å².